The number of anilines is 1. The van der Waals surface area contributed by atoms with E-state index in [0.29, 0.717) is 12.5 Å². The van der Waals surface area contributed by atoms with Gasteiger partial charge in [0.15, 0.2) is 0 Å². The van der Waals surface area contributed by atoms with Gasteiger partial charge in [-0.15, -0.1) is 0 Å². The first kappa shape index (κ1) is 23.5. The Kier molecular flexibility index (Phi) is 7.71. The van der Waals surface area contributed by atoms with Crippen molar-refractivity contribution in [3.8, 4) is 0 Å². The summed E-state index contributed by atoms with van der Waals surface area (Å²) in [6.07, 6.45) is 8.17. The first-order valence-electron chi connectivity index (χ1n) is 11.4. The van der Waals surface area contributed by atoms with Crippen LogP contribution in [0.2, 0.25) is 5.02 Å². The van der Waals surface area contributed by atoms with Crippen LogP contribution in [0.1, 0.15) is 43.6 Å². The molecule has 0 spiro atoms. The van der Waals surface area contributed by atoms with Crippen molar-refractivity contribution < 1.29 is 13.2 Å². The summed E-state index contributed by atoms with van der Waals surface area (Å²) in [5, 5.41) is 0.792. The van der Waals surface area contributed by atoms with Gasteiger partial charge in [-0.25, -0.2) is 18.1 Å². The molecule has 0 radical (unpaired) electrons. The number of hydrogen-bond acceptors (Lipinski definition) is 5. The number of ether oxygens (including phenoxy) is 1. The molecular formula is C24H32ClN3O3S. The lowest BCUT2D eigenvalue weighted by molar-refractivity contribution is -0.00213. The molecule has 2 aliphatic rings. The second kappa shape index (κ2) is 10.5. The highest BCUT2D eigenvalue weighted by Crippen LogP contribution is 2.35. The third-order valence-corrected chi connectivity index (χ3v) is 7.58. The molecule has 6 nitrogen and oxygen atoms in total. The van der Waals surface area contributed by atoms with Crippen LogP contribution in [0, 0.1) is 5.92 Å². The highest BCUT2D eigenvalue weighted by molar-refractivity contribution is 7.88. The number of hydrogen-bond donors (Lipinski definition) is 1. The van der Waals surface area contributed by atoms with E-state index in [4.69, 9.17) is 16.3 Å². The summed E-state index contributed by atoms with van der Waals surface area (Å²) in [4.78, 5) is 6.69. The first-order valence-corrected chi connectivity index (χ1v) is 13.6. The van der Waals surface area contributed by atoms with Crippen LogP contribution >= 0.6 is 11.6 Å². The van der Waals surface area contributed by atoms with Crippen LogP contribution < -0.4 is 9.62 Å². The molecule has 1 N–H and O–H groups in total. The molecule has 1 aromatic heterocycles. The average Bonchev–Trinajstić information content (AvgIpc) is 2.78. The van der Waals surface area contributed by atoms with Crippen LogP contribution in [0.25, 0.3) is 0 Å². The Labute approximate surface area is 196 Å². The highest BCUT2D eigenvalue weighted by atomic mass is 35.5. The van der Waals surface area contributed by atoms with E-state index >= 15 is 0 Å². The Hall–Kier alpha value is -1.67. The minimum absolute atomic E-state index is 0.0751. The third kappa shape index (κ3) is 6.44. The zero-order valence-corrected chi connectivity index (χ0v) is 20.1. The van der Waals surface area contributed by atoms with E-state index in [1.54, 1.807) is 6.20 Å². The van der Waals surface area contributed by atoms with E-state index in [2.05, 4.69) is 26.7 Å². The Balaban J connectivity index is 1.34. The fourth-order valence-electron chi connectivity index (χ4n) is 4.96. The van der Waals surface area contributed by atoms with Gasteiger partial charge in [-0.3, -0.25) is 0 Å². The van der Waals surface area contributed by atoms with Crippen LogP contribution in [-0.2, 0) is 14.8 Å². The Morgan fingerprint density at radius 2 is 1.94 bits per heavy atom. The lowest BCUT2D eigenvalue weighted by atomic mass is 9.82. The summed E-state index contributed by atoms with van der Waals surface area (Å²) in [6.45, 7) is 2.04. The van der Waals surface area contributed by atoms with Crippen molar-refractivity contribution in [1.82, 2.24) is 9.71 Å². The number of aromatic nitrogens is 1. The number of nitrogens with one attached hydrogen (secondary N) is 1. The van der Waals surface area contributed by atoms with E-state index in [-0.39, 0.29) is 18.1 Å². The second-order valence-corrected chi connectivity index (χ2v) is 11.3. The second-order valence-electron chi connectivity index (χ2n) is 9.04. The molecular weight excluding hydrogens is 446 g/mol. The lowest BCUT2D eigenvalue weighted by Crippen LogP contribution is -2.52. The minimum Gasteiger partial charge on any atom is -0.378 e. The van der Waals surface area contributed by atoms with Gasteiger partial charge in [0.1, 0.15) is 5.82 Å². The zero-order chi connectivity index (χ0) is 22.6. The van der Waals surface area contributed by atoms with Crippen LogP contribution in [0.3, 0.4) is 0 Å². The van der Waals surface area contributed by atoms with E-state index < -0.39 is 10.0 Å². The number of nitrogens with zero attached hydrogens (tertiary/aromatic N) is 2. The van der Waals surface area contributed by atoms with Crippen molar-refractivity contribution in [2.45, 2.75) is 50.2 Å². The average molecular weight is 478 g/mol. The van der Waals surface area contributed by atoms with Crippen LogP contribution in [-0.4, -0.2) is 51.5 Å². The number of rotatable bonds is 7. The van der Waals surface area contributed by atoms with Gasteiger partial charge in [0.25, 0.3) is 0 Å². The molecule has 2 aromatic rings. The number of pyridine rings is 1. The fourth-order valence-corrected chi connectivity index (χ4v) is 6.02. The maximum atomic E-state index is 11.9. The molecule has 2 fully saturated rings. The standard InChI is InChI=1S/C24H32ClN3O3S/c1-32(29,30)27-23-12-14-28(24-7-2-3-13-26-24)16-20(23)17-31-22-10-8-18(9-11-22)19-5-4-6-21(25)15-19/h2-7,13,15,18,20,22-23,27H,8-12,14,16-17H2,1H3/t18-,20?,22+,23?. The summed E-state index contributed by atoms with van der Waals surface area (Å²) in [5.74, 6) is 1.53. The molecule has 1 aliphatic carbocycles. The van der Waals surface area contributed by atoms with Crippen molar-refractivity contribution >= 4 is 27.4 Å². The molecule has 2 atom stereocenters. The molecule has 0 bridgehead atoms. The van der Waals surface area contributed by atoms with Gasteiger partial charge >= 0.3 is 0 Å². The summed E-state index contributed by atoms with van der Waals surface area (Å²) in [7, 11) is -3.27. The molecule has 2 heterocycles. The van der Waals surface area contributed by atoms with Gasteiger partial charge in [0.05, 0.1) is 19.0 Å². The molecule has 0 amide bonds. The largest absolute Gasteiger partial charge is 0.378 e. The molecule has 8 heteroatoms. The van der Waals surface area contributed by atoms with Crippen molar-refractivity contribution in [1.29, 1.82) is 0 Å². The summed E-state index contributed by atoms with van der Waals surface area (Å²) >= 11 is 6.16. The Morgan fingerprint density at radius 1 is 1.12 bits per heavy atom. The van der Waals surface area contributed by atoms with Gasteiger partial charge in [0, 0.05) is 36.3 Å². The monoisotopic (exact) mass is 477 g/mol. The predicted molar refractivity (Wildman–Crippen MR) is 129 cm³/mol. The molecule has 1 saturated heterocycles. The van der Waals surface area contributed by atoms with Crippen LogP contribution in [0.4, 0.5) is 5.82 Å². The van der Waals surface area contributed by atoms with Gasteiger partial charge in [0.2, 0.25) is 10.0 Å². The van der Waals surface area contributed by atoms with Gasteiger partial charge < -0.3 is 9.64 Å². The normalized spacial score (nSPS) is 26.8. The molecule has 1 aromatic carbocycles. The van der Waals surface area contributed by atoms with E-state index in [1.807, 2.05) is 30.3 Å². The minimum atomic E-state index is -3.27. The molecule has 2 unspecified atom stereocenters. The SMILES string of the molecule is CS(=O)(=O)NC1CCN(c2ccccn2)CC1CO[C@H]1CC[C@@H](c2cccc(Cl)c2)CC1. The summed E-state index contributed by atoms with van der Waals surface area (Å²) < 4.78 is 33.0. The maximum absolute atomic E-state index is 11.9. The van der Waals surface area contributed by atoms with Crippen LogP contribution in [0.5, 0.6) is 0 Å². The molecule has 1 saturated carbocycles. The van der Waals surface area contributed by atoms with E-state index in [0.717, 1.165) is 56.0 Å². The van der Waals surface area contributed by atoms with E-state index in [1.165, 1.54) is 11.8 Å². The fraction of sp³-hybridized carbons (Fsp3) is 0.542. The number of halogens is 1. The topological polar surface area (TPSA) is 71.5 Å². The Morgan fingerprint density at radius 3 is 2.62 bits per heavy atom. The van der Waals surface area contributed by atoms with E-state index in [9.17, 15) is 8.42 Å². The predicted octanol–water partition coefficient (Wildman–Crippen LogP) is 4.22. The quantitative estimate of drug-likeness (QED) is 0.646. The smallest absolute Gasteiger partial charge is 0.208 e. The van der Waals surface area contributed by atoms with Crippen molar-refractivity contribution in [3.63, 3.8) is 0 Å². The van der Waals surface area contributed by atoms with Gasteiger partial charge in [-0.1, -0.05) is 29.8 Å². The molecule has 1 aliphatic heterocycles. The number of benzene rings is 1. The number of piperidine rings is 1. The van der Waals surface area contributed by atoms with Crippen molar-refractivity contribution in [2.24, 2.45) is 5.92 Å². The lowest BCUT2D eigenvalue weighted by Gasteiger charge is -2.40. The number of sulfonamides is 1. The van der Waals surface area contributed by atoms with Gasteiger partial charge in [-0.05, 0) is 67.9 Å². The Bertz CT molecular complexity index is 981. The molecule has 4 rings (SSSR count). The van der Waals surface area contributed by atoms with Crippen molar-refractivity contribution in [3.05, 3.63) is 59.2 Å². The third-order valence-electron chi connectivity index (χ3n) is 6.61. The first-order chi connectivity index (χ1) is 15.4. The van der Waals surface area contributed by atoms with Crippen LogP contribution in [0.15, 0.2) is 48.7 Å². The summed E-state index contributed by atoms with van der Waals surface area (Å²) in [6, 6.07) is 13.9. The highest BCUT2D eigenvalue weighted by Gasteiger charge is 2.33. The zero-order valence-electron chi connectivity index (χ0n) is 18.5. The molecule has 174 valence electrons. The summed E-state index contributed by atoms with van der Waals surface area (Å²) in [5.41, 5.74) is 1.31. The maximum Gasteiger partial charge on any atom is 0.208 e. The van der Waals surface area contributed by atoms with Gasteiger partial charge in [-0.2, -0.15) is 0 Å². The molecule has 32 heavy (non-hydrogen) atoms. The van der Waals surface area contributed by atoms with Crippen molar-refractivity contribution in [2.75, 3.05) is 30.9 Å².